The SMILES string of the molecule is Cc1ccc(S(=O)(=O)N2CC(C)(C(=O)O)Oc3ccccc32)cc1. The molecule has 0 bridgehead atoms. The Morgan fingerprint density at radius 2 is 1.79 bits per heavy atom. The summed E-state index contributed by atoms with van der Waals surface area (Å²) in [6.45, 7) is 2.92. The summed E-state index contributed by atoms with van der Waals surface area (Å²) in [4.78, 5) is 11.7. The van der Waals surface area contributed by atoms with Crippen molar-refractivity contribution in [3.8, 4) is 5.75 Å². The highest BCUT2D eigenvalue weighted by Gasteiger charge is 2.46. The largest absolute Gasteiger partial charge is 0.478 e. The molecular weight excluding hydrogens is 330 g/mol. The number of rotatable bonds is 3. The van der Waals surface area contributed by atoms with E-state index in [4.69, 9.17) is 4.74 Å². The first-order valence-electron chi connectivity index (χ1n) is 7.35. The van der Waals surface area contributed by atoms with E-state index in [2.05, 4.69) is 0 Å². The number of benzene rings is 2. The number of carbonyl (C=O) groups is 1. The molecule has 1 heterocycles. The van der Waals surface area contributed by atoms with Gasteiger partial charge in [-0.15, -0.1) is 0 Å². The van der Waals surface area contributed by atoms with Crippen LogP contribution in [0.15, 0.2) is 53.4 Å². The lowest BCUT2D eigenvalue weighted by atomic mass is 10.0. The molecule has 1 unspecified atom stereocenters. The normalized spacial score (nSPS) is 20.2. The monoisotopic (exact) mass is 347 g/mol. The predicted octanol–water partition coefficient (Wildman–Crippen LogP) is 2.43. The first-order valence-corrected chi connectivity index (χ1v) is 8.79. The molecule has 2 aromatic rings. The van der Waals surface area contributed by atoms with Gasteiger partial charge in [-0.2, -0.15) is 0 Å². The number of aryl methyl sites for hydroxylation is 1. The van der Waals surface area contributed by atoms with Crippen molar-refractivity contribution in [1.82, 2.24) is 0 Å². The third kappa shape index (κ3) is 2.60. The fourth-order valence-electron chi connectivity index (χ4n) is 2.55. The number of fused-ring (bicyclic) bond motifs is 1. The molecule has 1 aliphatic rings. The Kier molecular flexibility index (Phi) is 3.76. The number of aliphatic carboxylic acids is 1. The highest BCUT2D eigenvalue weighted by atomic mass is 32.2. The zero-order valence-electron chi connectivity index (χ0n) is 13.3. The van der Waals surface area contributed by atoms with Gasteiger partial charge in [-0.1, -0.05) is 29.8 Å². The Morgan fingerprint density at radius 3 is 2.42 bits per heavy atom. The zero-order chi connectivity index (χ0) is 17.5. The van der Waals surface area contributed by atoms with E-state index in [1.165, 1.54) is 19.1 Å². The average Bonchev–Trinajstić information content (AvgIpc) is 2.54. The van der Waals surface area contributed by atoms with Gasteiger partial charge in [-0.3, -0.25) is 4.31 Å². The van der Waals surface area contributed by atoms with Crippen molar-refractivity contribution in [3.05, 3.63) is 54.1 Å². The molecule has 0 spiro atoms. The minimum absolute atomic E-state index is 0.109. The van der Waals surface area contributed by atoms with E-state index in [-0.39, 0.29) is 17.2 Å². The minimum Gasteiger partial charge on any atom is -0.478 e. The van der Waals surface area contributed by atoms with Crippen LogP contribution in [0.3, 0.4) is 0 Å². The Morgan fingerprint density at radius 1 is 1.17 bits per heavy atom. The van der Waals surface area contributed by atoms with E-state index in [0.29, 0.717) is 5.69 Å². The van der Waals surface area contributed by atoms with Gasteiger partial charge in [0.05, 0.1) is 17.1 Å². The first kappa shape index (κ1) is 16.3. The van der Waals surface area contributed by atoms with Crippen LogP contribution in [-0.2, 0) is 14.8 Å². The first-order chi connectivity index (χ1) is 11.2. The molecule has 0 fully saturated rings. The van der Waals surface area contributed by atoms with Gasteiger partial charge in [0.1, 0.15) is 5.75 Å². The summed E-state index contributed by atoms with van der Waals surface area (Å²) in [5.41, 5.74) is -0.393. The van der Waals surface area contributed by atoms with Crippen LogP contribution in [0.25, 0.3) is 0 Å². The molecule has 1 N–H and O–H groups in total. The molecule has 0 amide bonds. The number of hydrogen-bond donors (Lipinski definition) is 1. The highest BCUT2D eigenvalue weighted by Crippen LogP contribution is 2.39. The number of anilines is 1. The fourth-order valence-corrected chi connectivity index (χ4v) is 4.11. The van der Waals surface area contributed by atoms with Gasteiger partial charge in [-0.25, -0.2) is 13.2 Å². The number of carboxylic acids is 1. The van der Waals surface area contributed by atoms with Crippen molar-refractivity contribution < 1.29 is 23.1 Å². The molecule has 2 aromatic carbocycles. The highest BCUT2D eigenvalue weighted by molar-refractivity contribution is 7.92. The number of nitrogens with zero attached hydrogens (tertiary/aromatic N) is 1. The second kappa shape index (κ2) is 5.52. The second-order valence-electron chi connectivity index (χ2n) is 5.93. The van der Waals surface area contributed by atoms with Gasteiger partial charge < -0.3 is 9.84 Å². The smallest absolute Gasteiger partial charge is 0.349 e. The van der Waals surface area contributed by atoms with E-state index in [1.54, 1.807) is 36.4 Å². The quantitative estimate of drug-likeness (QED) is 0.922. The Hall–Kier alpha value is -2.54. The van der Waals surface area contributed by atoms with Crippen LogP contribution in [0.2, 0.25) is 0 Å². The Labute approximate surface area is 140 Å². The summed E-state index contributed by atoms with van der Waals surface area (Å²) < 4.78 is 32.8. The summed E-state index contributed by atoms with van der Waals surface area (Å²) in [5, 5.41) is 9.47. The lowest BCUT2D eigenvalue weighted by molar-refractivity contribution is -0.153. The molecule has 0 saturated carbocycles. The number of hydrogen-bond acceptors (Lipinski definition) is 4. The number of sulfonamides is 1. The molecule has 24 heavy (non-hydrogen) atoms. The maximum atomic E-state index is 13.0. The molecule has 0 saturated heterocycles. The molecule has 6 nitrogen and oxygen atoms in total. The molecule has 7 heteroatoms. The molecule has 0 aliphatic carbocycles. The number of ether oxygens (including phenoxy) is 1. The van der Waals surface area contributed by atoms with Gasteiger partial charge in [-0.05, 0) is 38.1 Å². The van der Waals surface area contributed by atoms with Crippen molar-refractivity contribution in [2.75, 3.05) is 10.8 Å². The van der Waals surface area contributed by atoms with Crippen LogP contribution in [0.5, 0.6) is 5.75 Å². The topological polar surface area (TPSA) is 83.9 Å². The summed E-state index contributed by atoms with van der Waals surface area (Å²) >= 11 is 0. The van der Waals surface area contributed by atoms with Crippen LogP contribution in [-0.4, -0.2) is 31.6 Å². The van der Waals surface area contributed by atoms with E-state index >= 15 is 0 Å². The number of carboxylic acid groups (broad SMARTS) is 1. The maximum Gasteiger partial charge on any atom is 0.349 e. The average molecular weight is 347 g/mol. The molecule has 126 valence electrons. The van der Waals surface area contributed by atoms with E-state index in [0.717, 1.165) is 9.87 Å². The van der Waals surface area contributed by atoms with E-state index in [1.807, 2.05) is 6.92 Å². The zero-order valence-corrected chi connectivity index (χ0v) is 14.1. The van der Waals surface area contributed by atoms with Crippen molar-refractivity contribution in [1.29, 1.82) is 0 Å². The summed E-state index contributed by atoms with van der Waals surface area (Å²) in [7, 11) is -3.91. The van der Waals surface area contributed by atoms with Crippen molar-refractivity contribution >= 4 is 21.7 Å². The van der Waals surface area contributed by atoms with Crippen molar-refractivity contribution in [3.63, 3.8) is 0 Å². The summed E-state index contributed by atoms with van der Waals surface area (Å²) in [5.74, 6) is -0.995. The third-order valence-corrected chi connectivity index (χ3v) is 5.75. The molecule has 3 rings (SSSR count). The van der Waals surface area contributed by atoms with Gasteiger partial charge in [0, 0.05) is 0 Å². The molecule has 1 aliphatic heterocycles. The van der Waals surface area contributed by atoms with Crippen LogP contribution in [0.4, 0.5) is 5.69 Å². The molecular formula is C17H17NO5S. The summed E-state index contributed by atoms with van der Waals surface area (Å²) in [6, 6.07) is 13.0. The summed E-state index contributed by atoms with van der Waals surface area (Å²) in [6.07, 6.45) is 0. The van der Waals surface area contributed by atoms with Gasteiger partial charge in [0.25, 0.3) is 10.0 Å². The maximum absolute atomic E-state index is 13.0. The Balaban J connectivity index is 2.15. The van der Waals surface area contributed by atoms with Crippen LogP contribution in [0, 0.1) is 6.92 Å². The lowest BCUT2D eigenvalue weighted by Crippen LogP contribution is -2.55. The molecule has 0 aromatic heterocycles. The fraction of sp³-hybridized carbons (Fsp3) is 0.235. The van der Waals surface area contributed by atoms with Crippen LogP contribution >= 0.6 is 0 Å². The lowest BCUT2D eigenvalue weighted by Gasteiger charge is -2.39. The van der Waals surface area contributed by atoms with Crippen molar-refractivity contribution in [2.24, 2.45) is 0 Å². The van der Waals surface area contributed by atoms with E-state index in [9.17, 15) is 18.3 Å². The Bertz CT molecular complexity index is 891. The second-order valence-corrected chi connectivity index (χ2v) is 7.79. The van der Waals surface area contributed by atoms with Gasteiger partial charge >= 0.3 is 5.97 Å². The van der Waals surface area contributed by atoms with Crippen LogP contribution < -0.4 is 9.04 Å². The number of para-hydroxylation sites is 2. The van der Waals surface area contributed by atoms with Gasteiger partial charge in [0.2, 0.25) is 5.60 Å². The third-order valence-electron chi connectivity index (χ3n) is 3.98. The standard InChI is InChI=1S/C17H17NO5S/c1-12-7-9-13(10-8-12)24(21,22)18-11-17(2,16(19)20)23-15-6-4-3-5-14(15)18/h3-10H,11H2,1-2H3,(H,19,20). The van der Waals surface area contributed by atoms with Crippen molar-refractivity contribution in [2.45, 2.75) is 24.3 Å². The molecule has 1 atom stereocenters. The predicted molar refractivity (Wildman–Crippen MR) is 88.8 cm³/mol. The van der Waals surface area contributed by atoms with E-state index < -0.39 is 21.6 Å². The minimum atomic E-state index is -3.91. The van der Waals surface area contributed by atoms with Gasteiger partial charge in [0.15, 0.2) is 0 Å². The van der Waals surface area contributed by atoms with Crippen LogP contribution in [0.1, 0.15) is 12.5 Å². The molecule has 0 radical (unpaired) electrons.